The van der Waals surface area contributed by atoms with E-state index in [0.29, 0.717) is 12.5 Å². The molecule has 0 amide bonds. The van der Waals surface area contributed by atoms with Crippen LogP contribution in [0.25, 0.3) is 10.2 Å². The van der Waals surface area contributed by atoms with E-state index >= 15 is 0 Å². The fourth-order valence-electron chi connectivity index (χ4n) is 3.90. The number of benzene rings is 2. The van der Waals surface area contributed by atoms with Gasteiger partial charge in [0.25, 0.3) is 0 Å². The number of piperidine rings is 1. The van der Waals surface area contributed by atoms with Gasteiger partial charge in [-0.15, -0.1) is 11.3 Å². The number of aliphatic hydroxyl groups excluding tert-OH is 1. The van der Waals surface area contributed by atoms with Crippen molar-refractivity contribution in [2.75, 3.05) is 26.7 Å². The molecule has 30 heavy (non-hydrogen) atoms. The number of nitrogens with one attached hydrogen (secondary N) is 1. The molecule has 5 nitrogen and oxygen atoms in total. The monoisotopic (exact) mass is 433 g/mol. The molecular weight excluding hydrogens is 408 g/mol. The molecule has 4 rings (SSSR count). The highest BCUT2D eigenvalue weighted by atomic mass is 32.1. The van der Waals surface area contributed by atoms with E-state index in [2.05, 4.69) is 16.3 Å². The molecule has 3 unspecified atom stereocenters. The number of halogens is 2. The van der Waals surface area contributed by atoms with Gasteiger partial charge in [-0.1, -0.05) is 12.1 Å². The van der Waals surface area contributed by atoms with Crippen molar-refractivity contribution in [3.63, 3.8) is 0 Å². The lowest BCUT2D eigenvalue weighted by atomic mass is 9.94. The van der Waals surface area contributed by atoms with Gasteiger partial charge in [0, 0.05) is 25.1 Å². The maximum absolute atomic E-state index is 13.3. The number of hydrogen-bond donors (Lipinski definition) is 2. The quantitative estimate of drug-likeness (QED) is 0.595. The summed E-state index contributed by atoms with van der Waals surface area (Å²) in [6.07, 6.45) is 1.25. The summed E-state index contributed by atoms with van der Waals surface area (Å²) in [5.41, 5.74) is 1.05. The van der Waals surface area contributed by atoms with Crippen LogP contribution in [-0.2, 0) is 0 Å². The Morgan fingerprint density at radius 1 is 1.27 bits per heavy atom. The van der Waals surface area contributed by atoms with Crippen LogP contribution in [-0.4, -0.2) is 54.0 Å². The first-order valence-corrected chi connectivity index (χ1v) is 10.9. The molecule has 2 aromatic carbocycles. The molecule has 1 aromatic heterocycles. The first kappa shape index (κ1) is 21.1. The van der Waals surface area contributed by atoms with Gasteiger partial charge in [0.1, 0.15) is 18.5 Å². The number of fused-ring (bicyclic) bond motifs is 1. The molecule has 0 spiro atoms. The maximum Gasteiger partial charge on any atom is 0.162 e. The Kier molecular flexibility index (Phi) is 6.58. The average Bonchev–Trinajstić information content (AvgIpc) is 3.19. The molecule has 0 radical (unpaired) electrons. The molecule has 3 aromatic rings. The first-order chi connectivity index (χ1) is 14.5. The molecule has 8 heteroatoms. The Bertz CT molecular complexity index is 966. The van der Waals surface area contributed by atoms with Gasteiger partial charge < -0.3 is 15.2 Å². The normalized spacial score (nSPS) is 21.1. The highest BCUT2D eigenvalue weighted by molar-refractivity contribution is 7.18. The van der Waals surface area contributed by atoms with E-state index in [1.807, 2.05) is 25.2 Å². The van der Waals surface area contributed by atoms with Crippen LogP contribution in [0.15, 0.2) is 42.5 Å². The number of rotatable bonds is 7. The highest BCUT2D eigenvalue weighted by Crippen LogP contribution is 2.35. The van der Waals surface area contributed by atoms with E-state index in [1.54, 1.807) is 11.3 Å². The second-order valence-electron chi connectivity index (χ2n) is 7.58. The molecule has 0 saturated carbocycles. The van der Waals surface area contributed by atoms with Gasteiger partial charge >= 0.3 is 0 Å². The summed E-state index contributed by atoms with van der Waals surface area (Å²) in [4.78, 5) is 7.01. The van der Waals surface area contributed by atoms with Gasteiger partial charge in [-0.05, 0) is 44.2 Å². The van der Waals surface area contributed by atoms with Crippen molar-refractivity contribution < 1.29 is 18.6 Å². The van der Waals surface area contributed by atoms with Gasteiger partial charge in [-0.2, -0.15) is 0 Å². The van der Waals surface area contributed by atoms with Crippen molar-refractivity contribution in [2.45, 2.75) is 31.0 Å². The van der Waals surface area contributed by atoms with Gasteiger partial charge in [0.2, 0.25) is 0 Å². The summed E-state index contributed by atoms with van der Waals surface area (Å²) in [7, 11) is 1.92. The molecule has 2 heterocycles. The maximum atomic E-state index is 13.3. The largest absolute Gasteiger partial charge is 0.491 e. The Balaban J connectivity index is 1.33. The number of β-amino-alcohol motifs (C(OH)–C–C–N with tert-alkyl or cyclic N) is 1. The SMILES string of the molecule is CNC1CC(c2nc3ccccc3s2)CCN1CC(O)COc1ccc(F)c(F)c1. The predicted molar refractivity (Wildman–Crippen MR) is 114 cm³/mol. The second-order valence-corrected chi connectivity index (χ2v) is 8.64. The molecule has 2 N–H and O–H groups in total. The Labute approximate surface area is 178 Å². The Morgan fingerprint density at radius 3 is 2.87 bits per heavy atom. The number of thiazole rings is 1. The zero-order chi connectivity index (χ0) is 21.1. The van der Waals surface area contributed by atoms with Crippen LogP contribution in [0.3, 0.4) is 0 Å². The van der Waals surface area contributed by atoms with E-state index in [1.165, 1.54) is 15.8 Å². The number of aliphatic hydroxyl groups is 1. The summed E-state index contributed by atoms with van der Waals surface area (Å²) in [5.74, 6) is -1.30. The van der Waals surface area contributed by atoms with Crippen LogP contribution in [0, 0.1) is 11.6 Å². The summed E-state index contributed by atoms with van der Waals surface area (Å²) in [6, 6.07) is 11.5. The minimum atomic E-state index is -0.964. The fourth-order valence-corrected chi connectivity index (χ4v) is 5.02. The minimum Gasteiger partial charge on any atom is -0.491 e. The third-order valence-electron chi connectivity index (χ3n) is 5.48. The van der Waals surface area contributed by atoms with Crippen molar-refractivity contribution in [2.24, 2.45) is 0 Å². The van der Waals surface area contributed by atoms with Crippen molar-refractivity contribution in [1.29, 1.82) is 0 Å². The van der Waals surface area contributed by atoms with E-state index in [4.69, 9.17) is 9.72 Å². The number of likely N-dealkylation sites (tertiary alicyclic amines) is 1. The molecule has 0 aliphatic carbocycles. The standard InChI is InChI=1S/C22H25F2N3O2S/c1-25-21-10-14(22-26-19-4-2-3-5-20(19)30-22)8-9-27(21)12-15(28)13-29-16-6-7-17(23)18(24)11-16/h2-7,11,14-15,21,25,28H,8-10,12-13H2,1H3. The molecule has 3 atom stereocenters. The van der Waals surface area contributed by atoms with Crippen LogP contribution in [0.5, 0.6) is 5.75 Å². The zero-order valence-corrected chi connectivity index (χ0v) is 17.5. The third-order valence-corrected chi connectivity index (χ3v) is 6.68. The van der Waals surface area contributed by atoms with Gasteiger partial charge in [0.15, 0.2) is 11.6 Å². The van der Waals surface area contributed by atoms with E-state index in [9.17, 15) is 13.9 Å². The van der Waals surface area contributed by atoms with E-state index in [-0.39, 0.29) is 18.5 Å². The molecule has 1 fully saturated rings. The molecule has 0 bridgehead atoms. The molecule has 1 aliphatic rings. The predicted octanol–water partition coefficient (Wildman–Crippen LogP) is 3.74. The lowest BCUT2D eigenvalue weighted by Crippen LogP contribution is -2.52. The number of nitrogens with zero attached hydrogens (tertiary/aromatic N) is 2. The van der Waals surface area contributed by atoms with Crippen molar-refractivity contribution in [3.8, 4) is 5.75 Å². The van der Waals surface area contributed by atoms with Gasteiger partial charge in [-0.3, -0.25) is 4.90 Å². The van der Waals surface area contributed by atoms with Crippen LogP contribution in [0.4, 0.5) is 8.78 Å². The molecule has 160 valence electrons. The minimum absolute atomic E-state index is 0.0132. The summed E-state index contributed by atoms with van der Waals surface area (Å²) in [5, 5.41) is 14.9. The van der Waals surface area contributed by atoms with Crippen LogP contribution in [0.2, 0.25) is 0 Å². The Morgan fingerprint density at radius 2 is 2.10 bits per heavy atom. The first-order valence-electron chi connectivity index (χ1n) is 10.1. The lowest BCUT2D eigenvalue weighted by Gasteiger charge is -2.39. The lowest BCUT2D eigenvalue weighted by molar-refractivity contribution is 0.0287. The van der Waals surface area contributed by atoms with Crippen LogP contribution in [0.1, 0.15) is 23.8 Å². The summed E-state index contributed by atoms with van der Waals surface area (Å²) in [6.45, 7) is 1.27. The second kappa shape index (κ2) is 9.34. The smallest absolute Gasteiger partial charge is 0.162 e. The third kappa shape index (κ3) is 4.78. The number of ether oxygens (including phenoxy) is 1. The number of hydrogen-bond acceptors (Lipinski definition) is 6. The topological polar surface area (TPSA) is 57.6 Å². The van der Waals surface area contributed by atoms with Crippen LogP contribution < -0.4 is 10.1 Å². The Hall–Kier alpha value is -2.13. The van der Waals surface area contributed by atoms with E-state index in [0.717, 1.165) is 37.0 Å². The molecule has 1 aliphatic heterocycles. The summed E-state index contributed by atoms with van der Waals surface area (Å²) < 4.78 is 32.9. The van der Waals surface area contributed by atoms with Crippen LogP contribution >= 0.6 is 11.3 Å². The van der Waals surface area contributed by atoms with Crippen molar-refractivity contribution >= 4 is 21.6 Å². The van der Waals surface area contributed by atoms with Crippen molar-refractivity contribution in [1.82, 2.24) is 15.2 Å². The summed E-state index contributed by atoms with van der Waals surface area (Å²) >= 11 is 1.76. The highest BCUT2D eigenvalue weighted by Gasteiger charge is 2.31. The average molecular weight is 434 g/mol. The zero-order valence-electron chi connectivity index (χ0n) is 16.7. The fraction of sp³-hybridized carbons (Fsp3) is 0.409. The molecule has 1 saturated heterocycles. The number of para-hydroxylation sites is 1. The van der Waals surface area contributed by atoms with E-state index < -0.39 is 17.7 Å². The molecular formula is C22H25F2N3O2S. The number of aromatic nitrogens is 1. The van der Waals surface area contributed by atoms with Crippen molar-refractivity contribution in [3.05, 3.63) is 59.1 Å². The van der Waals surface area contributed by atoms with Gasteiger partial charge in [-0.25, -0.2) is 13.8 Å². The van der Waals surface area contributed by atoms with Gasteiger partial charge in [0.05, 0.1) is 21.4 Å².